The average molecular weight is 256 g/mol. The van der Waals surface area contributed by atoms with E-state index in [1.165, 1.54) is 12.8 Å². The summed E-state index contributed by atoms with van der Waals surface area (Å²) in [6.45, 7) is 2.05. The van der Waals surface area contributed by atoms with E-state index in [0.717, 1.165) is 22.7 Å². The smallest absolute Gasteiger partial charge is 0.251 e. The molecule has 0 bridgehead atoms. The molecule has 3 rings (SSSR count). The number of hydrogen-bond donors (Lipinski definition) is 2. The molecule has 1 aromatic rings. The van der Waals surface area contributed by atoms with Gasteiger partial charge in [0.1, 0.15) is 0 Å². The summed E-state index contributed by atoms with van der Waals surface area (Å²) in [6.07, 6.45) is 7.16. The molecule has 3 heteroatoms. The Balaban J connectivity index is 1.71. The summed E-state index contributed by atoms with van der Waals surface area (Å²) in [7, 11) is 1.66. The van der Waals surface area contributed by atoms with Crippen molar-refractivity contribution in [2.45, 2.75) is 25.8 Å². The number of anilines is 1. The van der Waals surface area contributed by atoms with Crippen LogP contribution in [0.15, 0.2) is 30.4 Å². The molecule has 0 radical (unpaired) electrons. The summed E-state index contributed by atoms with van der Waals surface area (Å²) in [4.78, 5) is 11.6. The molecular weight excluding hydrogens is 236 g/mol. The van der Waals surface area contributed by atoms with E-state index in [1.54, 1.807) is 7.05 Å². The van der Waals surface area contributed by atoms with Gasteiger partial charge in [-0.25, -0.2) is 0 Å². The molecule has 1 fully saturated rings. The van der Waals surface area contributed by atoms with Crippen LogP contribution in [-0.2, 0) is 0 Å². The van der Waals surface area contributed by atoms with Crippen LogP contribution in [0.3, 0.4) is 0 Å². The number of rotatable bonds is 3. The molecule has 100 valence electrons. The minimum atomic E-state index is -0.0305. The van der Waals surface area contributed by atoms with Crippen LogP contribution in [-0.4, -0.2) is 19.0 Å². The molecule has 0 aliphatic heterocycles. The third-order valence-electron chi connectivity index (χ3n) is 4.42. The van der Waals surface area contributed by atoms with Gasteiger partial charge >= 0.3 is 0 Å². The van der Waals surface area contributed by atoms with Crippen molar-refractivity contribution in [3.05, 3.63) is 41.5 Å². The van der Waals surface area contributed by atoms with E-state index in [0.29, 0.717) is 12.0 Å². The number of nitrogens with one attached hydrogen (secondary N) is 2. The summed E-state index contributed by atoms with van der Waals surface area (Å²) < 4.78 is 0. The molecule has 2 aliphatic rings. The molecule has 3 atom stereocenters. The van der Waals surface area contributed by atoms with Crippen molar-refractivity contribution in [1.82, 2.24) is 5.32 Å². The highest BCUT2D eigenvalue weighted by atomic mass is 16.1. The molecule has 0 heterocycles. The van der Waals surface area contributed by atoms with E-state index in [9.17, 15) is 4.79 Å². The lowest BCUT2D eigenvalue weighted by Gasteiger charge is -2.41. The molecule has 3 unspecified atom stereocenters. The second-order valence-corrected chi connectivity index (χ2v) is 5.60. The fraction of sp³-hybridized carbons (Fsp3) is 0.438. The molecule has 1 aromatic carbocycles. The number of hydrogen-bond acceptors (Lipinski definition) is 2. The molecule has 2 aliphatic carbocycles. The summed E-state index contributed by atoms with van der Waals surface area (Å²) in [5.41, 5.74) is 3.00. The summed E-state index contributed by atoms with van der Waals surface area (Å²) in [6, 6.07) is 6.41. The van der Waals surface area contributed by atoms with E-state index in [-0.39, 0.29) is 5.91 Å². The van der Waals surface area contributed by atoms with Gasteiger partial charge in [-0.2, -0.15) is 0 Å². The molecule has 0 saturated heterocycles. The average Bonchev–Trinajstić information content (AvgIpc) is 2.77. The van der Waals surface area contributed by atoms with Gasteiger partial charge in [0.25, 0.3) is 5.91 Å². The van der Waals surface area contributed by atoms with Crippen molar-refractivity contribution in [3.63, 3.8) is 0 Å². The molecule has 19 heavy (non-hydrogen) atoms. The topological polar surface area (TPSA) is 41.1 Å². The number of benzene rings is 1. The zero-order valence-electron chi connectivity index (χ0n) is 11.4. The van der Waals surface area contributed by atoms with Crippen molar-refractivity contribution in [3.8, 4) is 0 Å². The van der Waals surface area contributed by atoms with Gasteiger partial charge in [-0.1, -0.05) is 12.2 Å². The maximum absolute atomic E-state index is 11.6. The van der Waals surface area contributed by atoms with Crippen molar-refractivity contribution in [2.24, 2.45) is 11.8 Å². The van der Waals surface area contributed by atoms with Crippen LogP contribution >= 0.6 is 0 Å². The van der Waals surface area contributed by atoms with Crippen LogP contribution in [0.4, 0.5) is 5.69 Å². The fourth-order valence-electron chi connectivity index (χ4n) is 3.19. The van der Waals surface area contributed by atoms with Gasteiger partial charge in [-0.05, 0) is 49.4 Å². The highest BCUT2D eigenvalue weighted by molar-refractivity contribution is 5.94. The minimum absolute atomic E-state index is 0.0305. The predicted octanol–water partition coefficient (Wildman–Crippen LogP) is 2.73. The Bertz CT molecular complexity index is 536. The molecular formula is C16H20N2O. The molecule has 3 nitrogen and oxygen atoms in total. The normalized spacial score (nSPS) is 27.6. The van der Waals surface area contributed by atoms with Gasteiger partial charge in [0, 0.05) is 30.3 Å². The van der Waals surface area contributed by atoms with E-state index >= 15 is 0 Å². The van der Waals surface area contributed by atoms with Crippen LogP contribution < -0.4 is 10.6 Å². The minimum Gasteiger partial charge on any atom is -0.381 e. The number of fused-ring (bicyclic) bond motifs is 1. The zero-order valence-corrected chi connectivity index (χ0v) is 11.4. The van der Waals surface area contributed by atoms with E-state index in [1.807, 2.05) is 18.2 Å². The number of carbonyl (C=O) groups excluding carboxylic acids is 1. The quantitative estimate of drug-likeness (QED) is 0.816. The lowest BCUT2D eigenvalue weighted by atomic mass is 9.71. The van der Waals surface area contributed by atoms with Crippen LogP contribution in [0, 0.1) is 18.8 Å². The van der Waals surface area contributed by atoms with Gasteiger partial charge in [0.15, 0.2) is 0 Å². The van der Waals surface area contributed by atoms with Gasteiger partial charge in [-0.3, -0.25) is 4.79 Å². The predicted molar refractivity (Wildman–Crippen MR) is 77.3 cm³/mol. The van der Waals surface area contributed by atoms with Crippen molar-refractivity contribution in [1.29, 1.82) is 0 Å². The van der Waals surface area contributed by atoms with Crippen LogP contribution in [0.25, 0.3) is 0 Å². The largest absolute Gasteiger partial charge is 0.381 e. The van der Waals surface area contributed by atoms with E-state index in [4.69, 9.17) is 0 Å². The second kappa shape index (κ2) is 4.72. The SMILES string of the molecule is CNC(=O)c1ccc(NC2CC3CC=CC32)c(C)c1. The molecule has 1 saturated carbocycles. The Morgan fingerprint density at radius 1 is 1.37 bits per heavy atom. The number of carbonyl (C=O) groups is 1. The zero-order chi connectivity index (χ0) is 13.4. The second-order valence-electron chi connectivity index (χ2n) is 5.60. The van der Waals surface area contributed by atoms with E-state index in [2.05, 4.69) is 29.7 Å². The third kappa shape index (κ3) is 2.14. The van der Waals surface area contributed by atoms with E-state index < -0.39 is 0 Å². The summed E-state index contributed by atoms with van der Waals surface area (Å²) in [5.74, 6) is 1.54. The first-order chi connectivity index (χ1) is 9.19. The summed E-state index contributed by atoms with van der Waals surface area (Å²) in [5, 5.41) is 6.27. The van der Waals surface area contributed by atoms with Gasteiger partial charge in [0.2, 0.25) is 0 Å². The molecule has 2 N–H and O–H groups in total. The highest BCUT2D eigenvalue weighted by Crippen LogP contribution is 2.44. The number of amides is 1. The van der Waals surface area contributed by atoms with Crippen LogP contribution in [0.5, 0.6) is 0 Å². The first kappa shape index (κ1) is 12.3. The molecule has 1 amide bonds. The standard InChI is InChI=1S/C16H20N2O/c1-10-8-12(16(19)17-2)6-7-14(10)18-15-9-11-4-3-5-13(11)15/h3,5-8,11,13,15,18H,4,9H2,1-2H3,(H,17,19). The Labute approximate surface area is 114 Å². The molecule has 0 aromatic heterocycles. The lowest BCUT2D eigenvalue weighted by molar-refractivity contribution is 0.0963. The monoisotopic (exact) mass is 256 g/mol. The van der Waals surface area contributed by atoms with Crippen molar-refractivity contribution >= 4 is 11.6 Å². The third-order valence-corrected chi connectivity index (χ3v) is 4.42. The Morgan fingerprint density at radius 2 is 2.21 bits per heavy atom. The van der Waals surface area contributed by atoms with Gasteiger partial charge in [0.05, 0.1) is 0 Å². The molecule has 0 spiro atoms. The highest BCUT2D eigenvalue weighted by Gasteiger charge is 2.40. The number of allylic oxidation sites excluding steroid dienone is 1. The maximum Gasteiger partial charge on any atom is 0.251 e. The van der Waals surface area contributed by atoms with Crippen molar-refractivity contribution < 1.29 is 4.79 Å². The fourth-order valence-corrected chi connectivity index (χ4v) is 3.19. The Kier molecular flexibility index (Phi) is 3.05. The van der Waals surface area contributed by atoms with Gasteiger partial charge < -0.3 is 10.6 Å². The van der Waals surface area contributed by atoms with Gasteiger partial charge in [-0.15, -0.1) is 0 Å². The maximum atomic E-state index is 11.6. The Morgan fingerprint density at radius 3 is 2.89 bits per heavy atom. The Hall–Kier alpha value is -1.77. The van der Waals surface area contributed by atoms with Crippen LogP contribution in [0.2, 0.25) is 0 Å². The first-order valence-corrected chi connectivity index (χ1v) is 6.95. The first-order valence-electron chi connectivity index (χ1n) is 6.95. The van der Waals surface area contributed by atoms with Crippen LogP contribution in [0.1, 0.15) is 28.8 Å². The number of aryl methyl sites for hydroxylation is 1. The summed E-state index contributed by atoms with van der Waals surface area (Å²) >= 11 is 0. The van der Waals surface area contributed by atoms with Crippen molar-refractivity contribution in [2.75, 3.05) is 12.4 Å². The lowest BCUT2D eigenvalue weighted by Crippen LogP contribution is -2.43.